The second-order valence-electron chi connectivity index (χ2n) is 8.86. The number of aryl methyl sites for hydroxylation is 1. The number of pyridine rings is 1. The van der Waals surface area contributed by atoms with Crippen molar-refractivity contribution in [1.29, 1.82) is 0 Å². The van der Waals surface area contributed by atoms with E-state index in [1.165, 1.54) is 5.71 Å². The van der Waals surface area contributed by atoms with Crippen molar-refractivity contribution in [1.82, 2.24) is 10.3 Å². The molecule has 3 aromatic rings. The van der Waals surface area contributed by atoms with Gasteiger partial charge in [0.15, 0.2) is 5.82 Å². The minimum Gasteiger partial charge on any atom is -0.355 e. The molecule has 1 aromatic heterocycles. The average Bonchev–Trinajstić information content (AvgIpc) is 2.85. The summed E-state index contributed by atoms with van der Waals surface area (Å²) in [6.07, 6.45) is 6.72. The molecule has 3 rings (SSSR count). The lowest BCUT2D eigenvalue weighted by Gasteiger charge is -2.20. The number of aromatic nitrogens is 1. The number of para-hydroxylation sites is 1. The SMILES string of the molecule is CCC/C(=N\c1c(Nc2ccc(C(=O)NC)cc2)nc2ccccc2c1C)C(CCC)CCC. The van der Waals surface area contributed by atoms with E-state index in [0.717, 1.165) is 72.2 Å². The molecule has 0 fully saturated rings. The monoisotopic (exact) mass is 458 g/mol. The molecule has 0 bridgehead atoms. The Balaban J connectivity index is 2.11. The van der Waals surface area contributed by atoms with E-state index in [2.05, 4.69) is 50.5 Å². The van der Waals surface area contributed by atoms with Crippen LogP contribution in [0.2, 0.25) is 0 Å². The number of aliphatic imine (C=N–C) groups is 1. The molecule has 0 aliphatic heterocycles. The molecule has 5 nitrogen and oxygen atoms in total. The Kier molecular flexibility index (Phi) is 9.20. The summed E-state index contributed by atoms with van der Waals surface area (Å²) in [6, 6.07) is 15.7. The fraction of sp³-hybridized carbons (Fsp3) is 0.414. The van der Waals surface area contributed by atoms with Gasteiger partial charge in [-0.3, -0.25) is 9.79 Å². The molecule has 0 saturated heterocycles. The molecule has 0 aliphatic carbocycles. The number of anilines is 2. The summed E-state index contributed by atoms with van der Waals surface area (Å²) in [4.78, 5) is 22.2. The van der Waals surface area contributed by atoms with Crippen LogP contribution in [-0.4, -0.2) is 23.7 Å². The van der Waals surface area contributed by atoms with Gasteiger partial charge in [0.25, 0.3) is 5.91 Å². The normalized spacial score (nSPS) is 11.8. The number of nitrogens with zero attached hydrogens (tertiary/aromatic N) is 2. The first-order valence-electron chi connectivity index (χ1n) is 12.6. The van der Waals surface area contributed by atoms with Crippen LogP contribution in [0.4, 0.5) is 17.2 Å². The fourth-order valence-electron chi connectivity index (χ4n) is 4.50. The van der Waals surface area contributed by atoms with Crippen molar-refractivity contribution in [2.75, 3.05) is 12.4 Å². The van der Waals surface area contributed by atoms with Crippen molar-refractivity contribution in [3.8, 4) is 0 Å². The van der Waals surface area contributed by atoms with Crippen molar-refractivity contribution in [2.45, 2.75) is 66.2 Å². The van der Waals surface area contributed by atoms with Crippen molar-refractivity contribution >= 4 is 39.7 Å². The first kappa shape index (κ1) is 25.4. The summed E-state index contributed by atoms with van der Waals surface area (Å²) < 4.78 is 0. The highest BCUT2D eigenvalue weighted by molar-refractivity contribution is 5.97. The van der Waals surface area contributed by atoms with Crippen LogP contribution in [0.3, 0.4) is 0 Å². The molecule has 180 valence electrons. The Hall–Kier alpha value is -3.21. The van der Waals surface area contributed by atoms with E-state index < -0.39 is 0 Å². The van der Waals surface area contributed by atoms with Crippen molar-refractivity contribution < 1.29 is 4.79 Å². The number of rotatable bonds is 11. The van der Waals surface area contributed by atoms with Gasteiger partial charge in [-0.25, -0.2) is 4.98 Å². The van der Waals surface area contributed by atoms with E-state index in [4.69, 9.17) is 9.98 Å². The summed E-state index contributed by atoms with van der Waals surface area (Å²) in [6.45, 7) is 8.87. The largest absolute Gasteiger partial charge is 0.355 e. The van der Waals surface area contributed by atoms with Crippen LogP contribution in [0.5, 0.6) is 0 Å². The van der Waals surface area contributed by atoms with Crippen LogP contribution >= 0.6 is 0 Å². The molecular weight excluding hydrogens is 420 g/mol. The molecule has 2 N–H and O–H groups in total. The molecule has 1 heterocycles. The lowest BCUT2D eigenvalue weighted by atomic mass is 9.90. The minimum atomic E-state index is -0.0985. The summed E-state index contributed by atoms with van der Waals surface area (Å²) in [7, 11) is 1.64. The zero-order chi connectivity index (χ0) is 24.5. The predicted molar refractivity (Wildman–Crippen MR) is 145 cm³/mol. The first-order chi connectivity index (χ1) is 16.5. The maximum Gasteiger partial charge on any atom is 0.251 e. The maximum absolute atomic E-state index is 11.9. The highest BCUT2D eigenvalue weighted by atomic mass is 16.1. The van der Waals surface area contributed by atoms with Crippen LogP contribution in [0.25, 0.3) is 10.9 Å². The standard InChI is InChI=1S/C29H38N4O/c1-6-11-21(12-7-2)25(13-8-3)32-27-20(4)24-14-9-10-15-26(24)33-28(27)31-23-18-16-22(17-19-23)29(34)30-5/h9-10,14-19,21H,6-8,11-13H2,1-5H3,(H,30,34)(H,31,33)/b32-25+. The number of amides is 1. The van der Waals surface area contributed by atoms with Gasteiger partial charge >= 0.3 is 0 Å². The van der Waals surface area contributed by atoms with Crippen LogP contribution in [-0.2, 0) is 0 Å². The third-order valence-corrected chi connectivity index (χ3v) is 6.26. The van der Waals surface area contributed by atoms with Gasteiger partial charge in [0.1, 0.15) is 5.69 Å². The highest BCUT2D eigenvalue weighted by Crippen LogP contribution is 2.36. The Morgan fingerprint density at radius 3 is 2.26 bits per heavy atom. The lowest BCUT2D eigenvalue weighted by molar-refractivity contribution is 0.0963. The van der Waals surface area contributed by atoms with Crippen LogP contribution < -0.4 is 10.6 Å². The summed E-state index contributed by atoms with van der Waals surface area (Å²) in [5.41, 5.74) is 5.77. The highest BCUT2D eigenvalue weighted by Gasteiger charge is 2.18. The number of benzene rings is 2. The lowest BCUT2D eigenvalue weighted by Crippen LogP contribution is -2.17. The molecule has 1 amide bonds. The number of carbonyl (C=O) groups excluding carboxylic acids is 1. The first-order valence-corrected chi connectivity index (χ1v) is 12.6. The molecule has 34 heavy (non-hydrogen) atoms. The van der Waals surface area contributed by atoms with Crippen molar-refractivity contribution in [2.24, 2.45) is 10.9 Å². The minimum absolute atomic E-state index is 0.0985. The van der Waals surface area contributed by atoms with E-state index in [1.807, 2.05) is 36.4 Å². The van der Waals surface area contributed by atoms with Crippen LogP contribution in [0.1, 0.15) is 75.2 Å². The van der Waals surface area contributed by atoms with Gasteiger partial charge in [0.2, 0.25) is 0 Å². The van der Waals surface area contributed by atoms with Gasteiger partial charge < -0.3 is 10.6 Å². The van der Waals surface area contributed by atoms with Gasteiger partial charge in [-0.05, 0) is 68.0 Å². The molecule has 0 spiro atoms. The molecule has 0 aliphatic rings. The van der Waals surface area contributed by atoms with Gasteiger partial charge in [-0.2, -0.15) is 0 Å². The maximum atomic E-state index is 11.9. The molecular formula is C29H38N4O. The Bertz CT molecular complexity index is 1130. The topological polar surface area (TPSA) is 66.4 Å². The number of hydrogen-bond acceptors (Lipinski definition) is 4. The van der Waals surface area contributed by atoms with Crippen LogP contribution in [0.15, 0.2) is 53.5 Å². The van der Waals surface area contributed by atoms with E-state index in [1.54, 1.807) is 7.05 Å². The molecule has 0 atom stereocenters. The van der Waals surface area contributed by atoms with Crippen molar-refractivity contribution in [3.05, 3.63) is 59.7 Å². The third-order valence-electron chi connectivity index (χ3n) is 6.26. The quantitative estimate of drug-likeness (QED) is 0.289. The van der Waals surface area contributed by atoms with Crippen molar-refractivity contribution in [3.63, 3.8) is 0 Å². The van der Waals surface area contributed by atoms with Gasteiger partial charge in [-0.1, -0.05) is 58.2 Å². The predicted octanol–water partition coefficient (Wildman–Crippen LogP) is 7.74. The Labute approximate surface area is 204 Å². The smallest absolute Gasteiger partial charge is 0.251 e. The molecule has 2 aromatic carbocycles. The number of nitrogens with one attached hydrogen (secondary N) is 2. The second-order valence-corrected chi connectivity index (χ2v) is 8.86. The number of fused-ring (bicyclic) bond motifs is 1. The van der Waals surface area contributed by atoms with E-state index in [-0.39, 0.29) is 5.91 Å². The molecule has 0 saturated carbocycles. The molecule has 5 heteroatoms. The van der Waals surface area contributed by atoms with E-state index in [0.29, 0.717) is 11.5 Å². The summed E-state index contributed by atoms with van der Waals surface area (Å²) in [5.74, 6) is 1.16. The van der Waals surface area contributed by atoms with Gasteiger partial charge in [0.05, 0.1) is 5.52 Å². The third kappa shape index (κ3) is 6.02. The zero-order valence-corrected chi connectivity index (χ0v) is 21.2. The fourth-order valence-corrected chi connectivity index (χ4v) is 4.50. The van der Waals surface area contributed by atoms with Crippen LogP contribution in [0, 0.1) is 12.8 Å². The summed E-state index contributed by atoms with van der Waals surface area (Å²) in [5, 5.41) is 7.28. The Morgan fingerprint density at radius 2 is 1.65 bits per heavy atom. The van der Waals surface area contributed by atoms with Gasteiger partial charge in [0, 0.05) is 29.4 Å². The number of carbonyl (C=O) groups is 1. The van der Waals surface area contributed by atoms with Gasteiger partial charge in [-0.15, -0.1) is 0 Å². The molecule has 0 radical (unpaired) electrons. The number of hydrogen-bond donors (Lipinski definition) is 2. The van der Waals surface area contributed by atoms with E-state index >= 15 is 0 Å². The average molecular weight is 459 g/mol. The second kappa shape index (κ2) is 12.3. The Morgan fingerprint density at radius 1 is 0.971 bits per heavy atom. The molecule has 0 unspecified atom stereocenters. The van der Waals surface area contributed by atoms with E-state index in [9.17, 15) is 4.79 Å². The zero-order valence-electron chi connectivity index (χ0n) is 21.2. The summed E-state index contributed by atoms with van der Waals surface area (Å²) >= 11 is 0.